The molecule has 2 aromatic carbocycles. The first-order valence-corrected chi connectivity index (χ1v) is 8.03. The zero-order chi connectivity index (χ0) is 21.5. The maximum absolute atomic E-state index is 14.7. The Morgan fingerprint density at radius 2 is 2.00 bits per heavy atom. The molecule has 0 unspecified atom stereocenters. The van der Waals surface area contributed by atoms with Crippen molar-refractivity contribution in [3.05, 3.63) is 63.0 Å². The number of halogens is 5. The summed E-state index contributed by atoms with van der Waals surface area (Å²) >= 11 is 2.95. The number of rotatable bonds is 4. The van der Waals surface area contributed by atoms with Gasteiger partial charge in [0.15, 0.2) is 11.6 Å². The standard InChI is InChI=1S/C17H12BrF4N3O/c1-24-11-6-3-5-10(19)14(11)16(23-17(24)26)25(8-13(20)21)12-7-2-4-9(18)15(12)22/h2-7,13H,8H2,1H3/i1D3. The second-order valence-electron chi connectivity index (χ2n) is 5.26. The summed E-state index contributed by atoms with van der Waals surface area (Å²) in [7, 11) is 0. The molecule has 1 heterocycles. The van der Waals surface area contributed by atoms with Crippen LogP contribution in [0.4, 0.5) is 29.1 Å². The SMILES string of the molecule is [2H]C([2H])([2H])n1c(=O)nc(N(CC(F)F)c2cccc(Br)c2F)c2c(F)cccc21. The van der Waals surface area contributed by atoms with Gasteiger partial charge >= 0.3 is 5.69 Å². The van der Waals surface area contributed by atoms with Crippen molar-refractivity contribution in [3.8, 4) is 0 Å². The summed E-state index contributed by atoms with van der Waals surface area (Å²) in [5.74, 6) is -2.54. The fourth-order valence-corrected chi connectivity index (χ4v) is 2.91. The predicted molar refractivity (Wildman–Crippen MR) is 94.1 cm³/mol. The second-order valence-corrected chi connectivity index (χ2v) is 6.12. The number of hydrogen-bond donors (Lipinski definition) is 0. The smallest absolute Gasteiger partial charge is 0.317 e. The monoisotopic (exact) mass is 432 g/mol. The van der Waals surface area contributed by atoms with Crippen molar-refractivity contribution in [1.29, 1.82) is 0 Å². The molecule has 0 spiro atoms. The van der Waals surface area contributed by atoms with Crippen molar-refractivity contribution in [2.75, 3.05) is 11.4 Å². The summed E-state index contributed by atoms with van der Waals surface area (Å²) in [6, 6.07) is 7.13. The van der Waals surface area contributed by atoms with Crippen molar-refractivity contribution in [3.63, 3.8) is 0 Å². The number of benzene rings is 2. The minimum Gasteiger partial charge on any atom is -0.317 e. The molecule has 3 rings (SSSR count). The van der Waals surface area contributed by atoms with E-state index in [1.54, 1.807) is 0 Å². The number of anilines is 2. The number of aromatic nitrogens is 2. The topological polar surface area (TPSA) is 38.1 Å². The van der Waals surface area contributed by atoms with Crippen molar-refractivity contribution >= 4 is 38.3 Å². The van der Waals surface area contributed by atoms with E-state index in [1.807, 2.05) is 0 Å². The van der Waals surface area contributed by atoms with Crippen LogP contribution in [0.2, 0.25) is 0 Å². The van der Waals surface area contributed by atoms with Gasteiger partial charge in [0.25, 0.3) is 6.43 Å². The van der Waals surface area contributed by atoms with Crippen LogP contribution in [0, 0.1) is 11.6 Å². The highest BCUT2D eigenvalue weighted by atomic mass is 79.9. The highest BCUT2D eigenvalue weighted by Gasteiger charge is 2.25. The van der Waals surface area contributed by atoms with Gasteiger partial charge in [-0.25, -0.2) is 22.4 Å². The molecular weight excluding hydrogens is 418 g/mol. The lowest BCUT2D eigenvalue weighted by Gasteiger charge is -2.25. The Bertz CT molecular complexity index is 1140. The van der Waals surface area contributed by atoms with Crippen molar-refractivity contribution in [1.82, 2.24) is 9.55 Å². The number of aryl methyl sites for hydroxylation is 1. The van der Waals surface area contributed by atoms with Gasteiger partial charge in [-0.15, -0.1) is 0 Å². The summed E-state index contributed by atoms with van der Waals surface area (Å²) in [5, 5.41) is -0.497. The summed E-state index contributed by atoms with van der Waals surface area (Å²) in [5.41, 5.74) is -2.08. The molecule has 0 saturated carbocycles. The van der Waals surface area contributed by atoms with Gasteiger partial charge in [-0.1, -0.05) is 12.1 Å². The molecule has 136 valence electrons. The Balaban J connectivity index is 2.42. The van der Waals surface area contributed by atoms with Crippen molar-refractivity contribution in [2.45, 2.75) is 6.43 Å². The third kappa shape index (κ3) is 3.18. The van der Waals surface area contributed by atoms with Gasteiger partial charge < -0.3 is 4.90 Å². The number of fused-ring (bicyclic) bond motifs is 1. The van der Waals surface area contributed by atoms with Crippen LogP contribution in [-0.2, 0) is 6.98 Å². The van der Waals surface area contributed by atoms with Crippen molar-refractivity contribution < 1.29 is 21.7 Å². The van der Waals surface area contributed by atoms with Gasteiger partial charge in [0.2, 0.25) is 0 Å². The summed E-state index contributed by atoms with van der Waals surface area (Å²) < 4.78 is 78.7. The molecule has 0 aliphatic heterocycles. The van der Waals surface area contributed by atoms with Crippen LogP contribution in [0.25, 0.3) is 10.9 Å². The first kappa shape index (κ1) is 14.7. The number of nitrogens with zero attached hydrogens (tertiary/aromatic N) is 3. The van der Waals surface area contributed by atoms with E-state index >= 15 is 0 Å². The molecule has 0 saturated heterocycles. The Morgan fingerprint density at radius 3 is 2.69 bits per heavy atom. The van der Waals surface area contributed by atoms with Gasteiger partial charge in [-0.3, -0.25) is 4.57 Å². The maximum atomic E-state index is 14.7. The minimum absolute atomic E-state index is 0.0464. The Kier molecular flexibility index (Phi) is 4.00. The van der Waals surface area contributed by atoms with E-state index in [4.69, 9.17) is 4.11 Å². The highest BCUT2D eigenvalue weighted by Crippen LogP contribution is 2.35. The Labute approximate surface area is 158 Å². The molecule has 0 aliphatic rings. The first-order valence-electron chi connectivity index (χ1n) is 8.74. The van der Waals surface area contributed by atoms with E-state index in [-0.39, 0.29) is 20.2 Å². The normalized spacial score (nSPS) is 13.5. The molecule has 0 atom stereocenters. The van der Waals surface area contributed by atoms with Gasteiger partial charge in [0.1, 0.15) is 5.82 Å². The fourth-order valence-electron chi connectivity index (χ4n) is 2.55. The van der Waals surface area contributed by atoms with Crippen LogP contribution >= 0.6 is 15.9 Å². The highest BCUT2D eigenvalue weighted by molar-refractivity contribution is 9.10. The number of alkyl halides is 2. The Morgan fingerprint density at radius 1 is 1.27 bits per heavy atom. The first-order chi connectivity index (χ1) is 13.5. The fraction of sp³-hybridized carbons (Fsp3) is 0.176. The van der Waals surface area contributed by atoms with E-state index in [0.29, 0.717) is 4.90 Å². The molecule has 9 heteroatoms. The molecule has 0 radical (unpaired) electrons. The summed E-state index contributed by atoms with van der Waals surface area (Å²) in [6.45, 7) is -4.11. The molecule has 1 aromatic heterocycles. The van der Waals surface area contributed by atoms with Gasteiger partial charge in [0, 0.05) is 11.1 Å². The van der Waals surface area contributed by atoms with E-state index in [2.05, 4.69) is 20.9 Å². The molecular formula is C17H12BrF4N3O. The lowest BCUT2D eigenvalue weighted by atomic mass is 10.2. The van der Waals surface area contributed by atoms with Gasteiger partial charge in [-0.2, -0.15) is 4.98 Å². The molecule has 0 amide bonds. The second kappa shape index (κ2) is 7.06. The van der Waals surface area contributed by atoms with Crippen LogP contribution in [-0.4, -0.2) is 22.5 Å². The molecule has 0 fully saturated rings. The van der Waals surface area contributed by atoms with Crippen LogP contribution in [0.1, 0.15) is 4.11 Å². The molecule has 3 aromatic rings. The van der Waals surface area contributed by atoms with Crippen molar-refractivity contribution in [2.24, 2.45) is 6.98 Å². The molecule has 0 N–H and O–H groups in total. The van der Waals surface area contributed by atoms with Crippen LogP contribution in [0.15, 0.2) is 45.7 Å². The van der Waals surface area contributed by atoms with Crippen LogP contribution in [0.3, 0.4) is 0 Å². The quantitative estimate of drug-likeness (QED) is 0.574. The molecule has 0 aliphatic carbocycles. The van der Waals surface area contributed by atoms with Gasteiger partial charge in [-0.05, 0) is 40.2 Å². The van der Waals surface area contributed by atoms with E-state index in [1.165, 1.54) is 18.2 Å². The predicted octanol–water partition coefficient (Wildman–Crippen LogP) is 4.38. The molecule has 0 bridgehead atoms. The van der Waals surface area contributed by atoms with E-state index in [9.17, 15) is 22.4 Å². The third-order valence-corrected chi connectivity index (χ3v) is 4.26. The zero-order valence-electron chi connectivity index (χ0n) is 15.9. The third-order valence-electron chi connectivity index (χ3n) is 3.65. The lowest BCUT2D eigenvalue weighted by molar-refractivity contribution is 0.157. The van der Waals surface area contributed by atoms with Crippen LogP contribution in [0.5, 0.6) is 0 Å². The van der Waals surface area contributed by atoms with Gasteiger partial charge in [0.05, 0.1) is 27.6 Å². The summed E-state index contributed by atoms with van der Waals surface area (Å²) in [4.78, 5) is 16.6. The van der Waals surface area contributed by atoms with Crippen LogP contribution < -0.4 is 10.6 Å². The molecule has 4 nitrogen and oxygen atoms in total. The molecule has 26 heavy (non-hydrogen) atoms. The minimum atomic E-state index is -3.00. The van der Waals surface area contributed by atoms with E-state index < -0.39 is 48.5 Å². The van der Waals surface area contributed by atoms with E-state index in [0.717, 1.165) is 18.2 Å². The zero-order valence-corrected chi connectivity index (χ0v) is 14.5. The average molecular weight is 433 g/mol. The lowest BCUT2D eigenvalue weighted by Crippen LogP contribution is -2.30. The number of hydrogen-bond acceptors (Lipinski definition) is 3. The maximum Gasteiger partial charge on any atom is 0.349 e. The summed E-state index contributed by atoms with van der Waals surface area (Å²) in [6.07, 6.45) is -3.00. The average Bonchev–Trinajstić information content (AvgIpc) is 2.60. The Hall–Kier alpha value is -2.42. The largest absolute Gasteiger partial charge is 0.349 e.